The Kier molecular flexibility index (Phi) is 30.6. The van der Waals surface area contributed by atoms with Gasteiger partial charge in [0.25, 0.3) is 0 Å². The summed E-state index contributed by atoms with van der Waals surface area (Å²) < 4.78 is 12.3. The smallest absolute Gasteiger partial charge is 0.306 e. The average Bonchev–Trinajstić information content (AvgIpc) is 3.11. The maximum absolute atomic E-state index is 12.9. The molecule has 1 unspecified atom stereocenters. The number of nitrogens with zero attached hydrogens (tertiary/aromatic N) is 1. The molecule has 0 spiro atoms. The molecule has 5 heteroatoms. The Morgan fingerprint density at radius 2 is 0.980 bits per heavy atom. The molecule has 0 saturated carbocycles. The quantitative estimate of drug-likeness (QED) is 0.0304. The highest BCUT2D eigenvalue weighted by atomic mass is 16.6. The largest absolute Gasteiger partial charge is 0.461 e. The van der Waals surface area contributed by atoms with Crippen molar-refractivity contribution in [3.05, 3.63) is 60.2 Å². The zero-order chi connectivity index (χ0) is 37.1. The van der Waals surface area contributed by atoms with E-state index >= 15 is 0 Å². The predicted molar refractivity (Wildman–Crippen MR) is 218 cm³/mol. The molecule has 51 heavy (non-hydrogen) atoms. The molecule has 0 bridgehead atoms. The second-order valence-electron chi connectivity index (χ2n) is 15.5. The third-order valence-corrected chi connectivity index (χ3v) is 9.67. The lowest BCUT2D eigenvalue weighted by Gasteiger charge is -2.33. The second-order valence-corrected chi connectivity index (χ2v) is 15.5. The first-order valence-corrected chi connectivity index (χ1v) is 21.4. The molecule has 1 aromatic rings. The van der Waals surface area contributed by atoms with Gasteiger partial charge in [-0.05, 0) is 64.2 Å². The Bertz CT molecular complexity index is 1000. The normalized spacial score (nSPS) is 12.5. The van der Waals surface area contributed by atoms with Crippen molar-refractivity contribution in [1.29, 1.82) is 0 Å². The van der Waals surface area contributed by atoms with Crippen LogP contribution in [0.5, 0.6) is 0 Å². The summed E-state index contributed by atoms with van der Waals surface area (Å²) in [6.45, 7) is 6.05. The van der Waals surface area contributed by atoms with Gasteiger partial charge in [0.05, 0.1) is 14.1 Å². The van der Waals surface area contributed by atoms with E-state index in [2.05, 4.69) is 76.5 Å². The lowest BCUT2D eigenvalue weighted by molar-refractivity contribution is -0.906. The van der Waals surface area contributed by atoms with Crippen LogP contribution in [0.1, 0.15) is 186 Å². The molecular formula is C46H80NO4+. The fourth-order valence-corrected chi connectivity index (χ4v) is 6.65. The number of unbranched alkanes of at least 4 members (excludes halogenated alkanes) is 20. The Hall–Kier alpha value is -2.40. The third-order valence-electron chi connectivity index (χ3n) is 9.67. The van der Waals surface area contributed by atoms with Crippen molar-refractivity contribution in [2.45, 2.75) is 193 Å². The van der Waals surface area contributed by atoms with Gasteiger partial charge in [-0.25, -0.2) is 0 Å². The van der Waals surface area contributed by atoms with E-state index in [1.165, 1.54) is 108 Å². The summed E-state index contributed by atoms with van der Waals surface area (Å²) in [6, 6.07) is 10.4. The fraction of sp³-hybridized carbons (Fsp3) is 0.739. The fourth-order valence-electron chi connectivity index (χ4n) is 6.65. The molecule has 0 aliphatic rings. The predicted octanol–water partition coefficient (Wildman–Crippen LogP) is 13.0. The van der Waals surface area contributed by atoms with Crippen LogP contribution in [0.4, 0.5) is 0 Å². The lowest BCUT2D eigenvalue weighted by atomic mass is 10.1. The number of benzene rings is 1. The molecule has 0 fully saturated rings. The molecule has 0 aromatic heterocycles. The topological polar surface area (TPSA) is 52.6 Å². The number of ether oxygens (including phenoxy) is 2. The summed E-state index contributed by atoms with van der Waals surface area (Å²) in [6.07, 6.45) is 38.9. The van der Waals surface area contributed by atoms with Gasteiger partial charge < -0.3 is 14.0 Å². The molecule has 0 amide bonds. The average molecular weight is 711 g/mol. The van der Waals surface area contributed by atoms with Crippen LogP contribution < -0.4 is 0 Å². The van der Waals surface area contributed by atoms with E-state index in [1.54, 1.807) is 0 Å². The molecule has 5 nitrogen and oxygen atoms in total. The number of rotatable bonds is 35. The molecule has 0 radical (unpaired) electrons. The van der Waals surface area contributed by atoms with E-state index in [9.17, 15) is 9.59 Å². The molecule has 1 aromatic carbocycles. The zero-order valence-corrected chi connectivity index (χ0v) is 33.9. The van der Waals surface area contributed by atoms with Gasteiger partial charge in [-0.3, -0.25) is 9.59 Å². The van der Waals surface area contributed by atoms with Gasteiger partial charge in [0.2, 0.25) is 0 Å². The van der Waals surface area contributed by atoms with Gasteiger partial charge in [-0.2, -0.15) is 0 Å². The highest BCUT2D eigenvalue weighted by molar-refractivity contribution is 5.70. The summed E-state index contributed by atoms with van der Waals surface area (Å²) in [5, 5.41) is 0. The van der Waals surface area contributed by atoms with Gasteiger partial charge >= 0.3 is 11.9 Å². The van der Waals surface area contributed by atoms with Crippen molar-refractivity contribution in [1.82, 2.24) is 0 Å². The van der Waals surface area contributed by atoms with Crippen molar-refractivity contribution in [3.63, 3.8) is 0 Å². The van der Waals surface area contributed by atoms with Crippen molar-refractivity contribution in [2.24, 2.45) is 0 Å². The van der Waals surface area contributed by atoms with Crippen LogP contribution in [0.15, 0.2) is 54.6 Å². The Morgan fingerprint density at radius 3 is 1.45 bits per heavy atom. The van der Waals surface area contributed by atoms with E-state index in [-0.39, 0.29) is 18.5 Å². The number of carbonyl (C=O) groups is 2. The molecule has 0 N–H and O–H groups in total. The van der Waals surface area contributed by atoms with E-state index in [4.69, 9.17) is 9.47 Å². The van der Waals surface area contributed by atoms with Crippen LogP contribution in [0, 0.1) is 0 Å². The summed E-state index contributed by atoms with van der Waals surface area (Å²) >= 11 is 0. The van der Waals surface area contributed by atoms with Gasteiger partial charge in [0, 0.05) is 18.4 Å². The molecule has 1 rings (SSSR count). The Balaban J connectivity index is 2.33. The standard InChI is InChI=1S/C46H80NO4/c1-5-7-9-11-13-15-17-19-21-23-25-27-29-34-38-45(48)50-42-44(41-47(3,4)40-43-36-32-31-33-37-43)51-46(49)39-35-30-28-26-24-22-20-18-16-14-12-10-8-6-2/h19-22,31-33,36-37,44H,5-18,23-30,34-35,38-42H2,1-4H3/q+1. The molecule has 292 valence electrons. The van der Waals surface area contributed by atoms with Gasteiger partial charge in [0.15, 0.2) is 6.10 Å². The monoisotopic (exact) mass is 711 g/mol. The van der Waals surface area contributed by atoms with Crippen LogP contribution in [-0.2, 0) is 25.6 Å². The summed E-state index contributed by atoms with van der Waals surface area (Å²) in [5.74, 6) is -0.375. The molecule has 0 aliphatic heterocycles. The first-order valence-electron chi connectivity index (χ1n) is 21.4. The molecule has 0 aliphatic carbocycles. The van der Waals surface area contributed by atoms with Gasteiger partial charge in [-0.15, -0.1) is 0 Å². The number of allylic oxidation sites excluding steroid dienone is 4. The van der Waals surface area contributed by atoms with E-state index in [0.717, 1.165) is 57.9 Å². The summed E-state index contributed by atoms with van der Waals surface area (Å²) in [7, 11) is 4.28. The molecule has 0 saturated heterocycles. The van der Waals surface area contributed by atoms with Crippen molar-refractivity contribution in [3.8, 4) is 0 Å². The van der Waals surface area contributed by atoms with Crippen LogP contribution in [0.3, 0.4) is 0 Å². The SMILES string of the molecule is CCCCCCCCC=CCCCCCCC(=O)OCC(C[N+](C)(C)Cc1ccccc1)OC(=O)CCCCCCC=CCCCCCCCC. The van der Waals surface area contributed by atoms with Crippen LogP contribution in [-0.4, -0.2) is 49.8 Å². The van der Waals surface area contributed by atoms with Gasteiger partial charge in [-0.1, -0.05) is 158 Å². The van der Waals surface area contributed by atoms with Crippen LogP contribution in [0.2, 0.25) is 0 Å². The highest BCUT2D eigenvalue weighted by Gasteiger charge is 2.27. The van der Waals surface area contributed by atoms with Gasteiger partial charge in [0.1, 0.15) is 19.7 Å². The number of quaternary nitrogens is 1. The van der Waals surface area contributed by atoms with Crippen LogP contribution >= 0.6 is 0 Å². The summed E-state index contributed by atoms with van der Waals surface area (Å²) in [4.78, 5) is 25.5. The number of esters is 2. The molecule has 1 atom stereocenters. The Labute approximate surface area is 315 Å². The molecular weight excluding hydrogens is 631 g/mol. The minimum atomic E-state index is -0.458. The number of hydrogen-bond acceptors (Lipinski definition) is 4. The second kappa shape index (κ2) is 33.4. The first-order chi connectivity index (χ1) is 24.9. The highest BCUT2D eigenvalue weighted by Crippen LogP contribution is 2.15. The van der Waals surface area contributed by atoms with Crippen LogP contribution in [0.25, 0.3) is 0 Å². The van der Waals surface area contributed by atoms with Crippen molar-refractivity contribution < 1.29 is 23.5 Å². The number of carbonyl (C=O) groups excluding carboxylic acids is 2. The maximum atomic E-state index is 12.9. The third kappa shape index (κ3) is 30.9. The minimum Gasteiger partial charge on any atom is -0.461 e. The minimum absolute atomic E-state index is 0.121. The first kappa shape index (κ1) is 46.6. The molecule has 0 heterocycles. The van der Waals surface area contributed by atoms with Crippen molar-refractivity contribution >= 4 is 11.9 Å². The van der Waals surface area contributed by atoms with E-state index < -0.39 is 6.10 Å². The number of hydrogen-bond donors (Lipinski definition) is 0. The van der Waals surface area contributed by atoms with E-state index in [0.29, 0.717) is 23.9 Å². The summed E-state index contributed by atoms with van der Waals surface area (Å²) in [5.41, 5.74) is 1.23. The van der Waals surface area contributed by atoms with Crippen molar-refractivity contribution in [2.75, 3.05) is 27.2 Å². The lowest BCUT2D eigenvalue weighted by Crippen LogP contribution is -2.47. The zero-order valence-electron chi connectivity index (χ0n) is 33.9. The Morgan fingerprint density at radius 1 is 0.569 bits per heavy atom. The maximum Gasteiger partial charge on any atom is 0.306 e. The van der Waals surface area contributed by atoms with E-state index in [1.807, 2.05) is 6.07 Å². The number of likely N-dealkylation sites (N-methyl/N-ethyl adjacent to an activating group) is 1.